The molecule has 6 heteroatoms. The summed E-state index contributed by atoms with van der Waals surface area (Å²) in [6.45, 7) is 3.84. The first kappa shape index (κ1) is 13.0. The summed E-state index contributed by atoms with van der Waals surface area (Å²) in [5.41, 5.74) is 0.499. The summed E-state index contributed by atoms with van der Waals surface area (Å²) in [7, 11) is -2.09. The van der Waals surface area contributed by atoms with Gasteiger partial charge in [-0.2, -0.15) is 0 Å². The second kappa shape index (κ2) is 5.34. The monoisotopic (exact) mass is 260 g/mol. The summed E-state index contributed by atoms with van der Waals surface area (Å²) < 4.78 is 25.6. The van der Waals surface area contributed by atoms with Gasteiger partial charge in [-0.3, -0.25) is 0 Å². The number of sulfonamides is 1. The minimum Gasteiger partial charge on any atom is -0.379 e. The van der Waals surface area contributed by atoms with E-state index in [9.17, 15) is 8.42 Å². The number of nitrogens with one attached hydrogen (secondary N) is 2. The van der Waals surface area contributed by atoms with E-state index in [0.29, 0.717) is 17.3 Å². The van der Waals surface area contributed by atoms with Gasteiger partial charge in [-0.05, 0) is 19.2 Å². The Balaban J connectivity index is 3.06. The molecule has 0 aliphatic carbocycles. The van der Waals surface area contributed by atoms with E-state index in [-0.39, 0.29) is 4.90 Å². The summed E-state index contributed by atoms with van der Waals surface area (Å²) in [4.78, 5) is 0.190. The lowest BCUT2D eigenvalue weighted by Crippen LogP contribution is -2.20. The van der Waals surface area contributed by atoms with Crippen LogP contribution in [0.5, 0.6) is 0 Å². The number of hydrogen-bond acceptors (Lipinski definition) is 3. The SMILES string of the molecule is C=C(Cl)CNc1ccccc1S(=O)(=O)NC. The molecule has 0 saturated carbocycles. The average molecular weight is 261 g/mol. The number of hydrogen-bond donors (Lipinski definition) is 2. The predicted octanol–water partition coefficient (Wildman–Crippen LogP) is 1.76. The molecule has 16 heavy (non-hydrogen) atoms. The van der Waals surface area contributed by atoms with Crippen LogP contribution in [0.1, 0.15) is 0 Å². The quantitative estimate of drug-likeness (QED) is 0.848. The molecule has 1 rings (SSSR count). The van der Waals surface area contributed by atoms with E-state index in [1.807, 2.05) is 0 Å². The van der Waals surface area contributed by atoms with Crippen LogP contribution in [0.25, 0.3) is 0 Å². The topological polar surface area (TPSA) is 58.2 Å². The van der Waals surface area contributed by atoms with E-state index in [1.165, 1.54) is 13.1 Å². The van der Waals surface area contributed by atoms with Crippen molar-refractivity contribution in [1.29, 1.82) is 0 Å². The average Bonchev–Trinajstić information content (AvgIpc) is 2.26. The molecule has 0 radical (unpaired) electrons. The highest BCUT2D eigenvalue weighted by Crippen LogP contribution is 2.20. The van der Waals surface area contributed by atoms with Crippen molar-refractivity contribution in [3.05, 3.63) is 35.9 Å². The third-order valence-corrected chi connectivity index (χ3v) is 3.52. The van der Waals surface area contributed by atoms with Crippen LogP contribution in [-0.2, 0) is 10.0 Å². The van der Waals surface area contributed by atoms with E-state index in [2.05, 4.69) is 16.6 Å². The van der Waals surface area contributed by atoms with Crippen LogP contribution in [0.2, 0.25) is 0 Å². The zero-order chi connectivity index (χ0) is 12.2. The molecule has 1 aromatic rings. The third kappa shape index (κ3) is 3.23. The molecule has 0 atom stereocenters. The van der Waals surface area contributed by atoms with Crippen molar-refractivity contribution in [3.8, 4) is 0 Å². The van der Waals surface area contributed by atoms with Gasteiger partial charge in [0.05, 0.1) is 12.2 Å². The summed E-state index contributed by atoms with van der Waals surface area (Å²) in [5, 5.41) is 3.32. The van der Waals surface area contributed by atoms with Gasteiger partial charge in [-0.15, -0.1) is 0 Å². The fourth-order valence-corrected chi connectivity index (χ4v) is 2.12. The zero-order valence-electron chi connectivity index (χ0n) is 8.83. The van der Waals surface area contributed by atoms with Gasteiger partial charge in [0.15, 0.2) is 0 Å². The molecule has 0 saturated heterocycles. The fraction of sp³-hybridized carbons (Fsp3) is 0.200. The van der Waals surface area contributed by atoms with Crippen LogP contribution in [-0.4, -0.2) is 22.0 Å². The van der Waals surface area contributed by atoms with Gasteiger partial charge in [0.2, 0.25) is 10.0 Å². The molecule has 0 fully saturated rings. The molecule has 0 aliphatic rings. The Labute approximate surface area is 100 Å². The molecular weight excluding hydrogens is 248 g/mol. The van der Waals surface area contributed by atoms with Crippen LogP contribution in [0.15, 0.2) is 40.8 Å². The van der Waals surface area contributed by atoms with E-state index in [4.69, 9.17) is 11.6 Å². The minimum atomic E-state index is -3.46. The highest BCUT2D eigenvalue weighted by Gasteiger charge is 2.15. The zero-order valence-corrected chi connectivity index (χ0v) is 10.4. The van der Waals surface area contributed by atoms with Gasteiger partial charge in [0, 0.05) is 5.03 Å². The largest absolute Gasteiger partial charge is 0.379 e. The Bertz CT molecular complexity index is 485. The standard InChI is InChI=1S/C10H13ClN2O2S/c1-8(11)7-13-9-5-3-4-6-10(9)16(14,15)12-2/h3-6,12-13H,1,7H2,2H3. The van der Waals surface area contributed by atoms with Crippen LogP contribution < -0.4 is 10.0 Å². The van der Waals surface area contributed by atoms with Gasteiger partial charge < -0.3 is 5.32 Å². The number of benzene rings is 1. The summed E-state index contributed by atoms with van der Waals surface area (Å²) in [6.07, 6.45) is 0. The molecule has 0 bridgehead atoms. The van der Waals surface area contributed by atoms with Crippen molar-refractivity contribution >= 4 is 27.3 Å². The molecule has 0 amide bonds. The minimum absolute atomic E-state index is 0.190. The fourth-order valence-electron chi connectivity index (χ4n) is 1.15. The number of rotatable bonds is 5. The Morgan fingerprint density at radius 3 is 2.62 bits per heavy atom. The van der Waals surface area contributed by atoms with Crippen LogP contribution in [0, 0.1) is 0 Å². The van der Waals surface area contributed by atoms with E-state index < -0.39 is 10.0 Å². The third-order valence-electron chi connectivity index (χ3n) is 1.92. The molecule has 1 aromatic carbocycles. The van der Waals surface area contributed by atoms with Crippen molar-refractivity contribution in [1.82, 2.24) is 4.72 Å². The highest BCUT2D eigenvalue weighted by molar-refractivity contribution is 7.89. The maximum atomic E-state index is 11.7. The second-order valence-corrected chi connectivity index (χ2v) is 5.46. The Hall–Kier alpha value is -1.04. The number of anilines is 1. The van der Waals surface area contributed by atoms with Gasteiger partial charge in [-0.25, -0.2) is 13.1 Å². The normalized spacial score (nSPS) is 11.1. The summed E-state index contributed by atoms with van der Waals surface area (Å²) in [5.74, 6) is 0. The Kier molecular flexibility index (Phi) is 4.35. The first-order valence-electron chi connectivity index (χ1n) is 4.57. The van der Waals surface area contributed by atoms with Crippen molar-refractivity contribution < 1.29 is 8.42 Å². The molecule has 0 aliphatic heterocycles. The summed E-state index contributed by atoms with van der Waals surface area (Å²) in [6, 6.07) is 6.59. The van der Waals surface area contributed by atoms with Crippen molar-refractivity contribution in [3.63, 3.8) is 0 Å². The van der Waals surface area contributed by atoms with Crippen LogP contribution in [0.3, 0.4) is 0 Å². The molecule has 0 heterocycles. The molecule has 88 valence electrons. The van der Waals surface area contributed by atoms with E-state index >= 15 is 0 Å². The van der Waals surface area contributed by atoms with Crippen molar-refractivity contribution in [2.24, 2.45) is 0 Å². The van der Waals surface area contributed by atoms with Crippen LogP contribution >= 0.6 is 11.6 Å². The first-order chi connectivity index (χ1) is 7.47. The lowest BCUT2D eigenvalue weighted by atomic mass is 10.3. The Morgan fingerprint density at radius 2 is 2.06 bits per heavy atom. The maximum Gasteiger partial charge on any atom is 0.242 e. The molecule has 0 unspecified atom stereocenters. The highest BCUT2D eigenvalue weighted by atomic mass is 35.5. The molecule has 4 nitrogen and oxygen atoms in total. The maximum absolute atomic E-state index is 11.7. The van der Waals surface area contributed by atoms with Crippen LogP contribution in [0.4, 0.5) is 5.69 Å². The van der Waals surface area contributed by atoms with Crippen molar-refractivity contribution in [2.75, 3.05) is 18.9 Å². The van der Waals surface area contributed by atoms with Gasteiger partial charge in [0.25, 0.3) is 0 Å². The lowest BCUT2D eigenvalue weighted by Gasteiger charge is -2.11. The number of para-hydroxylation sites is 1. The second-order valence-electron chi connectivity index (χ2n) is 3.07. The van der Waals surface area contributed by atoms with E-state index in [0.717, 1.165) is 0 Å². The molecule has 0 spiro atoms. The Morgan fingerprint density at radius 1 is 1.44 bits per heavy atom. The molecular formula is C10H13ClN2O2S. The van der Waals surface area contributed by atoms with Crippen molar-refractivity contribution in [2.45, 2.75) is 4.90 Å². The van der Waals surface area contributed by atoms with Gasteiger partial charge in [0.1, 0.15) is 4.90 Å². The smallest absolute Gasteiger partial charge is 0.242 e. The predicted molar refractivity (Wildman–Crippen MR) is 66.2 cm³/mol. The first-order valence-corrected chi connectivity index (χ1v) is 6.43. The summed E-state index contributed by atoms with van der Waals surface area (Å²) >= 11 is 5.61. The van der Waals surface area contributed by atoms with Gasteiger partial charge >= 0.3 is 0 Å². The van der Waals surface area contributed by atoms with Gasteiger partial charge in [-0.1, -0.05) is 30.3 Å². The number of halogens is 1. The lowest BCUT2D eigenvalue weighted by molar-refractivity contribution is 0.588. The molecule has 2 N–H and O–H groups in total. The molecule has 0 aromatic heterocycles. The van der Waals surface area contributed by atoms with E-state index in [1.54, 1.807) is 18.2 Å².